The summed E-state index contributed by atoms with van der Waals surface area (Å²) < 4.78 is 26.4. The van der Waals surface area contributed by atoms with Crippen molar-refractivity contribution in [2.75, 3.05) is 19.0 Å². The van der Waals surface area contributed by atoms with Gasteiger partial charge in [-0.2, -0.15) is 0 Å². The molecule has 5 nitrogen and oxygen atoms in total. The van der Waals surface area contributed by atoms with Crippen LogP contribution in [0.5, 0.6) is 0 Å². The molecule has 0 amide bonds. The normalized spacial score (nSPS) is 12.9. The van der Waals surface area contributed by atoms with E-state index in [0.717, 1.165) is 5.56 Å². The van der Waals surface area contributed by atoms with Crippen molar-refractivity contribution in [3.8, 4) is 0 Å². The van der Waals surface area contributed by atoms with E-state index in [1.165, 1.54) is 19.2 Å². The number of aliphatic hydroxyl groups excluding tert-OH is 1. The highest BCUT2D eigenvalue weighted by Gasteiger charge is 2.15. The molecule has 0 fully saturated rings. The van der Waals surface area contributed by atoms with Crippen LogP contribution in [-0.2, 0) is 10.0 Å². The van der Waals surface area contributed by atoms with Crippen LogP contribution in [0.25, 0.3) is 0 Å². The zero-order valence-electron chi connectivity index (χ0n) is 12.0. The van der Waals surface area contributed by atoms with Crippen molar-refractivity contribution >= 4 is 31.6 Å². The number of sulfonamides is 1. The average molecular weight is 385 g/mol. The first-order valence-electron chi connectivity index (χ1n) is 6.63. The number of anilines is 1. The van der Waals surface area contributed by atoms with E-state index in [1.54, 1.807) is 6.07 Å². The fourth-order valence-electron chi connectivity index (χ4n) is 2.01. The Morgan fingerprint density at radius 1 is 1.18 bits per heavy atom. The summed E-state index contributed by atoms with van der Waals surface area (Å²) in [5, 5.41) is 12.8. The van der Waals surface area contributed by atoms with Crippen molar-refractivity contribution < 1.29 is 13.5 Å². The lowest BCUT2D eigenvalue weighted by molar-refractivity contribution is 0.276. The highest BCUT2D eigenvalue weighted by Crippen LogP contribution is 2.29. The van der Waals surface area contributed by atoms with E-state index in [4.69, 9.17) is 0 Å². The summed E-state index contributed by atoms with van der Waals surface area (Å²) in [5.41, 5.74) is 1.65. The molecule has 0 aliphatic heterocycles. The van der Waals surface area contributed by atoms with Gasteiger partial charge in [-0.1, -0.05) is 30.3 Å². The van der Waals surface area contributed by atoms with Crippen LogP contribution in [0.3, 0.4) is 0 Å². The average Bonchev–Trinajstić information content (AvgIpc) is 2.54. The fourth-order valence-corrected chi connectivity index (χ4v) is 3.41. The summed E-state index contributed by atoms with van der Waals surface area (Å²) in [6.45, 7) is -0.0764. The Hall–Kier alpha value is -1.41. The Morgan fingerprint density at radius 2 is 1.86 bits per heavy atom. The monoisotopic (exact) mass is 384 g/mol. The van der Waals surface area contributed by atoms with Gasteiger partial charge in [0.15, 0.2) is 0 Å². The van der Waals surface area contributed by atoms with Gasteiger partial charge in [0.2, 0.25) is 10.0 Å². The highest BCUT2D eigenvalue weighted by atomic mass is 79.9. The Balaban J connectivity index is 2.27. The van der Waals surface area contributed by atoms with Crippen LogP contribution in [0.4, 0.5) is 5.69 Å². The number of hydrogen-bond acceptors (Lipinski definition) is 4. The fraction of sp³-hybridized carbons (Fsp3) is 0.200. The first-order chi connectivity index (χ1) is 10.5. The topological polar surface area (TPSA) is 78.4 Å². The number of benzene rings is 2. The van der Waals surface area contributed by atoms with Gasteiger partial charge in [-0.05, 0) is 46.7 Å². The largest absolute Gasteiger partial charge is 0.394 e. The summed E-state index contributed by atoms with van der Waals surface area (Å²) in [6.07, 6.45) is 0. The van der Waals surface area contributed by atoms with Gasteiger partial charge in [0.1, 0.15) is 0 Å². The zero-order chi connectivity index (χ0) is 16.2. The third-order valence-electron chi connectivity index (χ3n) is 3.23. The SMILES string of the molecule is CNS(=O)(=O)c1ccc(N[C@H](CO)c2ccccc2)c(Br)c1. The first-order valence-corrected chi connectivity index (χ1v) is 8.91. The van der Waals surface area contributed by atoms with Crippen molar-refractivity contribution in [3.05, 3.63) is 58.6 Å². The third-order valence-corrected chi connectivity index (χ3v) is 5.30. The molecule has 22 heavy (non-hydrogen) atoms. The van der Waals surface area contributed by atoms with Gasteiger partial charge in [-0.15, -0.1) is 0 Å². The maximum atomic E-state index is 11.8. The van der Waals surface area contributed by atoms with Gasteiger partial charge in [-0.3, -0.25) is 0 Å². The molecule has 0 aliphatic carbocycles. The van der Waals surface area contributed by atoms with Crippen LogP contribution in [-0.4, -0.2) is 27.2 Å². The molecule has 2 aromatic rings. The van der Waals surface area contributed by atoms with Gasteiger partial charge < -0.3 is 10.4 Å². The molecule has 7 heteroatoms. The van der Waals surface area contributed by atoms with Crippen LogP contribution in [0.15, 0.2) is 57.9 Å². The van der Waals surface area contributed by atoms with E-state index in [1.807, 2.05) is 30.3 Å². The minimum atomic E-state index is -3.48. The standard InChI is InChI=1S/C15H17BrN2O3S/c1-17-22(20,21)12-7-8-14(13(16)9-12)18-15(10-19)11-5-3-2-4-6-11/h2-9,15,17-19H,10H2,1H3/t15-/m1/s1. The van der Waals surface area contributed by atoms with Crippen LogP contribution in [0.2, 0.25) is 0 Å². The molecule has 118 valence electrons. The van der Waals surface area contributed by atoms with Gasteiger partial charge in [0.05, 0.1) is 17.5 Å². The Morgan fingerprint density at radius 3 is 2.41 bits per heavy atom. The van der Waals surface area contributed by atoms with Crippen molar-refractivity contribution in [3.63, 3.8) is 0 Å². The van der Waals surface area contributed by atoms with Crippen molar-refractivity contribution in [1.82, 2.24) is 4.72 Å². The minimum absolute atomic E-state index is 0.0764. The summed E-state index contributed by atoms with van der Waals surface area (Å²) in [7, 11) is -2.11. The Kier molecular flexibility index (Phi) is 5.57. The number of rotatable bonds is 6. The molecule has 0 spiro atoms. The maximum Gasteiger partial charge on any atom is 0.240 e. The Labute approximate surface area is 138 Å². The molecule has 0 aromatic heterocycles. The van der Waals surface area contributed by atoms with Crippen molar-refractivity contribution in [1.29, 1.82) is 0 Å². The van der Waals surface area contributed by atoms with Crippen LogP contribution < -0.4 is 10.0 Å². The third kappa shape index (κ3) is 3.86. The highest BCUT2D eigenvalue weighted by molar-refractivity contribution is 9.10. The molecule has 2 rings (SSSR count). The minimum Gasteiger partial charge on any atom is -0.394 e. The summed E-state index contributed by atoms with van der Waals surface area (Å²) >= 11 is 3.36. The van der Waals surface area contributed by atoms with Crippen LogP contribution >= 0.6 is 15.9 Å². The second-order valence-corrected chi connectivity index (χ2v) is 7.38. The molecule has 3 N–H and O–H groups in total. The zero-order valence-corrected chi connectivity index (χ0v) is 14.4. The lowest BCUT2D eigenvalue weighted by atomic mass is 10.1. The van der Waals surface area contributed by atoms with Crippen molar-refractivity contribution in [2.24, 2.45) is 0 Å². The van der Waals surface area contributed by atoms with Gasteiger partial charge >= 0.3 is 0 Å². The van der Waals surface area contributed by atoms with Gasteiger partial charge in [0, 0.05) is 10.2 Å². The number of nitrogens with one attached hydrogen (secondary N) is 2. The molecule has 0 saturated carbocycles. The summed E-state index contributed by atoms with van der Waals surface area (Å²) in [4.78, 5) is 0.174. The molecule has 0 aliphatic rings. The number of aliphatic hydroxyl groups is 1. The first kappa shape index (κ1) is 17.0. The molecule has 2 aromatic carbocycles. The summed E-state index contributed by atoms with van der Waals surface area (Å²) in [6, 6.07) is 14.0. The number of hydrogen-bond donors (Lipinski definition) is 3. The molecular weight excluding hydrogens is 368 g/mol. The molecular formula is C15H17BrN2O3S. The predicted molar refractivity (Wildman–Crippen MR) is 90.3 cm³/mol. The molecule has 0 heterocycles. The van der Waals surface area contributed by atoms with E-state index in [2.05, 4.69) is 26.0 Å². The molecule has 0 bridgehead atoms. The van der Waals surface area contributed by atoms with Gasteiger partial charge in [-0.25, -0.2) is 13.1 Å². The molecule has 0 saturated heterocycles. The smallest absolute Gasteiger partial charge is 0.240 e. The van der Waals surface area contributed by atoms with Gasteiger partial charge in [0.25, 0.3) is 0 Å². The number of halogens is 1. The van der Waals surface area contributed by atoms with E-state index in [-0.39, 0.29) is 17.5 Å². The van der Waals surface area contributed by atoms with E-state index < -0.39 is 10.0 Å². The lowest BCUT2D eigenvalue weighted by Gasteiger charge is -2.19. The molecule has 0 radical (unpaired) electrons. The van der Waals surface area contributed by atoms with Crippen LogP contribution in [0, 0.1) is 0 Å². The van der Waals surface area contributed by atoms with E-state index in [0.29, 0.717) is 10.2 Å². The second-order valence-electron chi connectivity index (χ2n) is 4.64. The van der Waals surface area contributed by atoms with Crippen molar-refractivity contribution in [2.45, 2.75) is 10.9 Å². The second kappa shape index (κ2) is 7.23. The Bertz CT molecular complexity index is 736. The van der Waals surface area contributed by atoms with Crippen LogP contribution in [0.1, 0.15) is 11.6 Å². The predicted octanol–water partition coefficient (Wildman–Crippen LogP) is 2.50. The quantitative estimate of drug-likeness (QED) is 0.714. The summed E-state index contributed by atoms with van der Waals surface area (Å²) in [5.74, 6) is 0. The maximum absolute atomic E-state index is 11.8. The molecule has 1 atom stereocenters. The molecule has 0 unspecified atom stereocenters. The van der Waals surface area contributed by atoms with E-state index >= 15 is 0 Å². The lowest BCUT2D eigenvalue weighted by Crippen LogP contribution is -2.19. The van der Waals surface area contributed by atoms with E-state index in [9.17, 15) is 13.5 Å².